The molecule has 0 atom stereocenters. The molecule has 6 nitrogen and oxygen atoms in total. The number of carbonyl (C=O) groups excluding carboxylic acids is 2. The first-order chi connectivity index (χ1) is 5.52. The highest BCUT2D eigenvalue weighted by Gasteiger charge is 2.07. The van der Waals surface area contributed by atoms with Crippen LogP contribution in [0.3, 0.4) is 0 Å². The Labute approximate surface area is 70.1 Å². The molecule has 0 rings (SSSR count). The molecule has 0 heterocycles. The van der Waals surface area contributed by atoms with E-state index >= 15 is 0 Å². The van der Waals surface area contributed by atoms with Crippen molar-refractivity contribution in [3.63, 3.8) is 0 Å². The Hall–Kier alpha value is -1.08. The van der Waals surface area contributed by atoms with E-state index in [0.29, 0.717) is 0 Å². The summed E-state index contributed by atoms with van der Waals surface area (Å²) in [5, 5.41) is 20.9. The number of hydrogen-bond donors (Lipinski definition) is 4. The summed E-state index contributed by atoms with van der Waals surface area (Å²) in [7, 11) is -1.44. The van der Waals surface area contributed by atoms with E-state index in [1.165, 1.54) is 6.92 Å². The lowest BCUT2D eigenvalue weighted by atomic mass is 9.87. The van der Waals surface area contributed by atoms with Crippen LogP contribution in [0, 0.1) is 0 Å². The second-order valence-electron chi connectivity index (χ2n) is 2.21. The summed E-state index contributed by atoms with van der Waals surface area (Å²) in [5.74, 6) is -0.461. The fraction of sp³-hybridized carbons (Fsp3) is 0.600. The van der Waals surface area contributed by atoms with Crippen molar-refractivity contribution in [1.82, 2.24) is 10.6 Å². The van der Waals surface area contributed by atoms with Gasteiger partial charge in [0.05, 0.1) is 0 Å². The van der Waals surface area contributed by atoms with Crippen LogP contribution in [0.5, 0.6) is 0 Å². The topological polar surface area (TPSA) is 98.7 Å². The quantitative estimate of drug-likeness (QED) is 0.383. The number of urea groups is 1. The molecular formula is C5H11BN2O4. The highest BCUT2D eigenvalue weighted by Crippen LogP contribution is 1.79. The van der Waals surface area contributed by atoms with E-state index in [2.05, 4.69) is 5.32 Å². The van der Waals surface area contributed by atoms with Crippen molar-refractivity contribution in [3.8, 4) is 0 Å². The molecule has 0 aromatic heterocycles. The molecule has 68 valence electrons. The molecule has 0 aliphatic rings. The predicted octanol–water partition coefficient (Wildman–Crippen LogP) is -1.70. The summed E-state index contributed by atoms with van der Waals surface area (Å²) in [4.78, 5) is 20.9. The van der Waals surface area contributed by atoms with E-state index < -0.39 is 19.1 Å². The molecule has 0 bridgehead atoms. The molecule has 0 fully saturated rings. The van der Waals surface area contributed by atoms with Gasteiger partial charge >= 0.3 is 13.1 Å². The van der Waals surface area contributed by atoms with Gasteiger partial charge in [-0.25, -0.2) is 4.79 Å². The lowest BCUT2D eigenvalue weighted by Gasteiger charge is -2.03. The Morgan fingerprint density at radius 1 is 1.42 bits per heavy atom. The zero-order valence-corrected chi connectivity index (χ0v) is 6.70. The van der Waals surface area contributed by atoms with Gasteiger partial charge in [-0.05, 0) is 6.32 Å². The summed E-state index contributed by atoms with van der Waals surface area (Å²) in [6, 6.07) is -0.636. The van der Waals surface area contributed by atoms with Crippen molar-refractivity contribution in [3.05, 3.63) is 0 Å². The molecular weight excluding hydrogens is 163 g/mol. The molecule has 0 saturated carbocycles. The zero-order chi connectivity index (χ0) is 9.56. The Kier molecular flexibility index (Phi) is 5.06. The SMILES string of the molecule is CC(=O)NC(=O)NCCB(O)O. The molecule has 3 amide bonds. The summed E-state index contributed by atoms with van der Waals surface area (Å²) in [6.45, 7) is 1.32. The first kappa shape index (κ1) is 10.9. The fourth-order valence-corrected chi connectivity index (χ4v) is 0.519. The van der Waals surface area contributed by atoms with E-state index in [9.17, 15) is 9.59 Å². The van der Waals surface area contributed by atoms with Gasteiger partial charge in [-0.3, -0.25) is 10.1 Å². The lowest BCUT2D eigenvalue weighted by Crippen LogP contribution is -2.39. The Morgan fingerprint density at radius 2 is 2.00 bits per heavy atom. The van der Waals surface area contributed by atoms with Crippen LogP contribution in [0.15, 0.2) is 0 Å². The van der Waals surface area contributed by atoms with Gasteiger partial charge in [-0.2, -0.15) is 0 Å². The van der Waals surface area contributed by atoms with Gasteiger partial charge in [-0.1, -0.05) is 0 Å². The average Bonchev–Trinajstić information content (AvgIpc) is 1.84. The predicted molar refractivity (Wildman–Crippen MR) is 42.2 cm³/mol. The fourth-order valence-electron chi connectivity index (χ4n) is 0.519. The van der Waals surface area contributed by atoms with E-state index in [1.807, 2.05) is 5.32 Å². The van der Waals surface area contributed by atoms with Crippen molar-refractivity contribution in [2.75, 3.05) is 6.54 Å². The number of carbonyl (C=O) groups is 2. The summed E-state index contributed by atoms with van der Waals surface area (Å²) < 4.78 is 0. The van der Waals surface area contributed by atoms with Crippen LogP contribution in [-0.2, 0) is 4.79 Å². The molecule has 0 aliphatic heterocycles. The molecule has 0 aliphatic carbocycles. The van der Waals surface area contributed by atoms with Crippen molar-refractivity contribution in [1.29, 1.82) is 0 Å². The molecule has 0 unspecified atom stereocenters. The van der Waals surface area contributed by atoms with Crippen LogP contribution in [0.1, 0.15) is 6.92 Å². The lowest BCUT2D eigenvalue weighted by molar-refractivity contribution is -0.117. The van der Waals surface area contributed by atoms with Crippen LogP contribution in [-0.4, -0.2) is 35.6 Å². The van der Waals surface area contributed by atoms with Gasteiger partial charge in [0, 0.05) is 13.5 Å². The van der Waals surface area contributed by atoms with Gasteiger partial charge in [0.15, 0.2) is 0 Å². The minimum atomic E-state index is -1.44. The highest BCUT2D eigenvalue weighted by atomic mass is 16.4. The number of hydrogen-bond acceptors (Lipinski definition) is 4. The van der Waals surface area contributed by atoms with Gasteiger partial charge in [0.25, 0.3) is 0 Å². The van der Waals surface area contributed by atoms with E-state index in [1.54, 1.807) is 0 Å². The van der Waals surface area contributed by atoms with Gasteiger partial charge in [0.1, 0.15) is 0 Å². The summed E-state index contributed by atoms with van der Waals surface area (Å²) >= 11 is 0. The Bertz CT molecular complexity index is 173. The molecule has 4 N–H and O–H groups in total. The standard InChI is InChI=1S/C5H11BN2O4/c1-4(9)8-5(10)7-3-2-6(11)12/h11-12H,2-3H2,1H3,(H2,7,8,9,10). The third-order valence-electron chi connectivity index (χ3n) is 0.978. The number of nitrogens with one attached hydrogen (secondary N) is 2. The second-order valence-corrected chi connectivity index (χ2v) is 2.21. The molecule has 7 heteroatoms. The summed E-state index contributed by atoms with van der Waals surface area (Å²) in [5.41, 5.74) is 0. The maximum atomic E-state index is 10.6. The van der Waals surface area contributed by atoms with E-state index in [0.717, 1.165) is 0 Å². The van der Waals surface area contributed by atoms with Crippen molar-refractivity contribution < 1.29 is 19.6 Å². The summed E-state index contributed by atoms with van der Waals surface area (Å²) in [6.07, 6.45) is 0.0331. The normalized spacial score (nSPS) is 8.92. The van der Waals surface area contributed by atoms with Gasteiger partial charge in [-0.15, -0.1) is 0 Å². The Morgan fingerprint density at radius 3 is 2.42 bits per heavy atom. The minimum Gasteiger partial charge on any atom is -0.427 e. The number of rotatable bonds is 3. The molecule has 0 spiro atoms. The van der Waals surface area contributed by atoms with Crippen LogP contribution in [0.25, 0.3) is 0 Å². The second kappa shape index (κ2) is 5.56. The van der Waals surface area contributed by atoms with E-state index in [-0.39, 0.29) is 12.9 Å². The highest BCUT2D eigenvalue weighted by molar-refractivity contribution is 6.41. The van der Waals surface area contributed by atoms with Crippen molar-refractivity contribution in [2.24, 2.45) is 0 Å². The first-order valence-electron chi connectivity index (χ1n) is 3.44. The van der Waals surface area contributed by atoms with Crippen LogP contribution < -0.4 is 10.6 Å². The first-order valence-corrected chi connectivity index (χ1v) is 3.44. The number of imide groups is 1. The smallest absolute Gasteiger partial charge is 0.427 e. The average molecular weight is 174 g/mol. The molecule has 12 heavy (non-hydrogen) atoms. The maximum absolute atomic E-state index is 10.6. The van der Waals surface area contributed by atoms with E-state index in [4.69, 9.17) is 10.0 Å². The van der Waals surface area contributed by atoms with Crippen LogP contribution >= 0.6 is 0 Å². The van der Waals surface area contributed by atoms with Crippen molar-refractivity contribution >= 4 is 19.1 Å². The molecule has 0 aromatic carbocycles. The number of amides is 3. The molecule has 0 radical (unpaired) electrons. The van der Waals surface area contributed by atoms with Gasteiger partial charge in [0.2, 0.25) is 5.91 Å². The van der Waals surface area contributed by atoms with Gasteiger partial charge < -0.3 is 15.4 Å². The van der Waals surface area contributed by atoms with Crippen LogP contribution in [0.4, 0.5) is 4.79 Å². The van der Waals surface area contributed by atoms with Crippen molar-refractivity contribution in [2.45, 2.75) is 13.2 Å². The Balaban J connectivity index is 3.38. The molecule has 0 saturated heterocycles. The molecule has 0 aromatic rings. The van der Waals surface area contributed by atoms with Crippen LogP contribution in [0.2, 0.25) is 6.32 Å². The zero-order valence-electron chi connectivity index (χ0n) is 6.70. The minimum absolute atomic E-state index is 0.0331. The third kappa shape index (κ3) is 7.04. The monoisotopic (exact) mass is 174 g/mol. The largest absolute Gasteiger partial charge is 0.453 e. The third-order valence-corrected chi connectivity index (χ3v) is 0.978. The maximum Gasteiger partial charge on any atom is 0.453 e.